The average Bonchev–Trinajstić information content (AvgIpc) is 3.31. The summed E-state index contributed by atoms with van der Waals surface area (Å²) in [5.74, 6) is -1.64. The van der Waals surface area contributed by atoms with Gasteiger partial charge in [0.2, 0.25) is 5.95 Å². The van der Waals surface area contributed by atoms with Crippen LogP contribution in [0.15, 0.2) is 24.4 Å². The van der Waals surface area contributed by atoms with Crippen LogP contribution in [-0.4, -0.2) is 61.1 Å². The van der Waals surface area contributed by atoms with Gasteiger partial charge in [-0.05, 0) is 37.8 Å². The fourth-order valence-electron chi connectivity index (χ4n) is 4.21. The fourth-order valence-corrected chi connectivity index (χ4v) is 5.03. The van der Waals surface area contributed by atoms with Crippen molar-refractivity contribution >= 4 is 38.6 Å². The number of anilines is 3. The van der Waals surface area contributed by atoms with Crippen molar-refractivity contribution < 1.29 is 13.9 Å². The molecule has 3 aromatic heterocycles. The molecule has 0 spiro atoms. The second kappa shape index (κ2) is 8.80. The van der Waals surface area contributed by atoms with Crippen LogP contribution < -0.4 is 10.6 Å². The minimum absolute atomic E-state index is 0.128. The van der Waals surface area contributed by atoms with Crippen molar-refractivity contribution in [3.05, 3.63) is 30.1 Å². The number of hydrogen-bond acceptors (Lipinski definition) is 9. The van der Waals surface area contributed by atoms with E-state index in [0.717, 1.165) is 36.0 Å². The molecule has 2 aliphatic rings. The molecule has 0 unspecified atom stereocenters. The minimum Gasteiger partial charge on any atom is -0.393 e. The Balaban J connectivity index is 1.37. The number of aliphatic hydroxyl groups excluding tert-OH is 1. The Morgan fingerprint density at radius 2 is 2.03 bits per heavy atom. The van der Waals surface area contributed by atoms with E-state index < -0.39 is 5.92 Å². The molecule has 170 valence electrons. The predicted molar refractivity (Wildman–Crippen MR) is 119 cm³/mol. The zero-order chi connectivity index (χ0) is 22.1. The van der Waals surface area contributed by atoms with Gasteiger partial charge in [-0.2, -0.15) is 4.98 Å². The number of rotatable bonds is 6. The van der Waals surface area contributed by atoms with Gasteiger partial charge in [0.05, 0.1) is 18.3 Å². The number of aromatic nitrogens is 4. The Bertz CT molecular complexity index is 1050. The number of hydrogen-bond donors (Lipinski definition) is 3. The molecule has 3 N–H and O–H groups in total. The fraction of sp³-hybridized carbons (Fsp3) is 0.524. The first-order valence-electron chi connectivity index (χ1n) is 10.8. The number of thiazole rings is 1. The Hall–Kier alpha value is -2.50. The summed E-state index contributed by atoms with van der Waals surface area (Å²) >= 11 is 1.42. The molecule has 0 radical (unpaired) electrons. The van der Waals surface area contributed by atoms with E-state index in [1.165, 1.54) is 11.3 Å². The maximum atomic E-state index is 13.7. The topological polar surface area (TPSA) is 99.1 Å². The summed E-state index contributed by atoms with van der Waals surface area (Å²) < 4.78 is 27.3. The summed E-state index contributed by atoms with van der Waals surface area (Å²) in [7, 11) is 0. The van der Waals surface area contributed by atoms with Gasteiger partial charge in [0, 0.05) is 37.8 Å². The molecular weight excluding hydrogens is 436 g/mol. The van der Waals surface area contributed by atoms with E-state index in [1.807, 2.05) is 12.1 Å². The maximum absolute atomic E-state index is 13.7. The van der Waals surface area contributed by atoms with E-state index in [2.05, 4.69) is 30.6 Å². The zero-order valence-electron chi connectivity index (χ0n) is 17.5. The lowest BCUT2D eigenvalue weighted by molar-refractivity contribution is 0.0114. The van der Waals surface area contributed by atoms with E-state index in [9.17, 15) is 13.9 Å². The highest BCUT2D eigenvalue weighted by atomic mass is 32.1. The van der Waals surface area contributed by atoms with Gasteiger partial charge in [-0.25, -0.2) is 23.7 Å². The minimum atomic E-state index is -2.65. The van der Waals surface area contributed by atoms with E-state index in [1.54, 1.807) is 17.2 Å². The number of fused-ring (bicyclic) bond motifs is 1. The van der Waals surface area contributed by atoms with E-state index in [0.29, 0.717) is 35.7 Å². The van der Waals surface area contributed by atoms with Gasteiger partial charge in [-0.3, -0.25) is 4.90 Å². The van der Waals surface area contributed by atoms with Crippen LogP contribution in [0.1, 0.15) is 37.8 Å². The van der Waals surface area contributed by atoms with E-state index in [4.69, 9.17) is 0 Å². The van der Waals surface area contributed by atoms with Crippen molar-refractivity contribution in [1.29, 1.82) is 0 Å². The molecule has 0 bridgehead atoms. The summed E-state index contributed by atoms with van der Waals surface area (Å²) in [4.78, 5) is 20.6. The molecule has 0 atom stereocenters. The summed E-state index contributed by atoms with van der Waals surface area (Å²) in [6, 6.07) is 5.69. The van der Waals surface area contributed by atoms with Crippen molar-refractivity contribution in [2.24, 2.45) is 0 Å². The summed E-state index contributed by atoms with van der Waals surface area (Å²) in [6.45, 7) is 0.408. The lowest BCUT2D eigenvalue weighted by Crippen LogP contribution is -2.29. The first-order valence-corrected chi connectivity index (χ1v) is 11.6. The van der Waals surface area contributed by atoms with Crippen LogP contribution in [0.3, 0.4) is 0 Å². The molecule has 1 saturated heterocycles. The third kappa shape index (κ3) is 5.11. The Morgan fingerprint density at radius 1 is 1.19 bits per heavy atom. The molecule has 8 nitrogen and oxygen atoms in total. The van der Waals surface area contributed by atoms with Gasteiger partial charge in [0.1, 0.15) is 16.2 Å². The molecule has 0 amide bonds. The Kier molecular flexibility index (Phi) is 5.87. The normalized spacial score (nSPS) is 23.5. The zero-order valence-corrected chi connectivity index (χ0v) is 18.3. The number of nitrogens with one attached hydrogen (secondary N) is 2. The number of alkyl halides is 2. The lowest BCUT2D eigenvalue weighted by Gasteiger charge is -2.26. The van der Waals surface area contributed by atoms with Crippen molar-refractivity contribution in [2.45, 2.75) is 56.7 Å². The predicted octanol–water partition coefficient (Wildman–Crippen LogP) is 3.78. The van der Waals surface area contributed by atoms with E-state index in [-0.39, 0.29) is 25.1 Å². The molecule has 32 heavy (non-hydrogen) atoms. The van der Waals surface area contributed by atoms with Crippen molar-refractivity contribution in [3.63, 3.8) is 0 Å². The second-order valence-corrected chi connectivity index (χ2v) is 9.48. The average molecular weight is 462 g/mol. The van der Waals surface area contributed by atoms with Gasteiger partial charge < -0.3 is 15.7 Å². The number of aliphatic hydroxyl groups is 1. The van der Waals surface area contributed by atoms with Crippen molar-refractivity contribution in [3.8, 4) is 0 Å². The monoisotopic (exact) mass is 461 g/mol. The first-order chi connectivity index (χ1) is 15.4. The molecular formula is C21H25F2N7OS. The quantitative estimate of drug-likeness (QED) is 0.510. The SMILES string of the molecule is OC1CCC(Nc2nc(CN3CCC(F)(F)C3)cc(Nc3nc4cccnc4s3)n2)CC1. The van der Waals surface area contributed by atoms with E-state index >= 15 is 0 Å². The van der Waals surface area contributed by atoms with Gasteiger partial charge in [-0.1, -0.05) is 11.3 Å². The number of nitrogens with zero attached hydrogens (tertiary/aromatic N) is 5. The first kappa shape index (κ1) is 21.4. The highest BCUT2D eigenvalue weighted by Crippen LogP contribution is 2.30. The van der Waals surface area contributed by atoms with Crippen LogP contribution >= 0.6 is 11.3 Å². The van der Waals surface area contributed by atoms with Crippen LogP contribution in [-0.2, 0) is 6.54 Å². The molecule has 3 aromatic rings. The number of pyridine rings is 1. The van der Waals surface area contributed by atoms with Crippen LogP contribution in [0.4, 0.5) is 25.7 Å². The summed E-state index contributed by atoms with van der Waals surface area (Å²) in [5, 5.41) is 17.0. The van der Waals surface area contributed by atoms with Crippen LogP contribution in [0.5, 0.6) is 0 Å². The van der Waals surface area contributed by atoms with Crippen LogP contribution in [0.25, 0.3) is 10.3 Å². The second-order valence-electron chi connectivity index (χ2n) is 8.51. The van der Waals surface area contributed by atoms with Crippen LogP contribution in [0.2, 0.25) is 0 Å². The molecule has 2 fully saturated rings. The molecule has 1 aliphatic heterocycles. The van der Waals surface area contributed by atoms with Crippen molar-refractivity contribution in [1.82, 2.24) is 24.8 Å². The third-order valence-electron chi connectivity index (χ3n) is 5.84. The van der Waals surface area contributed by atoms with Crippen LogP contribution in [0, 0.1) is 0 Å². The number of likely N-dealkylation sites (tertiary alicyclic amines) is 1. The molecule has 4 heterocycles. The highest BCUT2D eigenvalue weighted by molar-refractivity contribution is 7.21. The largest absolute Gasteiger partial charge is 0.393 e. The molecule has 1 aliphatic carbocycles. The molecule has 11 heteroatoms. The third-order valence-corrected chi connectivity index (χ3v) is 6.74. The molecule has 5 rings (SSSR count). The Labute approximate surface area is 188 Å². The molecule has 1 saturated carbocycles. The van der Waals surface area contributed by atoms with Crippen molar-refractivity contribution in [2.75, 3.05) is 23.7 Å². The smallest absolute Gasteiger partial charge is 0.261 e. The maximum Gasteiger partial charge on any atom is 0.261 e. The van der Waals surface area contributed by atoms with Gasteiger partial charge in [0.25, 0.3) is 5.92 Å². The summed E-state index contributed by atoms with van der Waals surface area (Å²) in [5.41, 5.74) is 1.46. The standard InChI is InChI=1S/C21H25F2N7OS/c22-21(23)7-9-30(12-21)11-14-10-17(29-20-27-16-2-1-8-24-18(16)32-20)28-19(26-14)25-13-3-5-15(31)6-4-13/h1-2,8,10,13,15,31H,3-7,9,11-12H2,(H2,25,26,27,28,29). The molecule has 0 aromatic carbocycles. The van der Waals surface area contributed by atoms with Gasteiger partial charge >= 0.3 is 0 Å². The Morgan fingerprint density at radius 3 is 2.78 bits per heavy atom. The highest BCUT2D eigenvalue weighted by Gasteiger charge is 2.38. The summed E-state index contributed by atoms with van der Waals surface area (Å²) in [6.07, 6.45) is 4.49. The lowest BCUT2D eigenvalue weighted by atomic mass is 9.93. The van der Waals surface area contributed by atoms with Gasteiger partial charge in [-0.15, -0.1) is 0 Å². The number of halogens is 2. The van der Waals surface area contributed by atoms with Gasteiger partial charge in [0.15, 0.2) is 5.13 Å².